The molecule has 0 fully saturated rings. The summed E-state index contributed by atoms with van der Waals surface area (Å²) in [7, 11) is -4.48. The molecule has 0 radical (unpaired) electrons. The second kappa shape index (κ2) is 33.3. The summed E-state index contributed by atoms with van der Waals surface area (Å²) < 4.78 is 37.3. The molecule has 1 aromatic rings. The van der Waals surface area contributed by atoms with Crippen LogP contribution in [0.3, 0.4) is 0 Å². The van der Waals surface area contributed by atoms with E-state index in [2.05, 4.69) is 20.8 Å². The minimum atomic E-state index is -4.48. The van der Waals surface area contributed by atoms with Gasteiger partial charge in [-0.2, -0.15) is 0 Å². The summed E-state index contributed by atoms with van der Waals surface area (Å²) in [6.45, 7) is 6.81. The Labute approximate surface area is 317 Å². The standard InChI is InChI=1S/C42H78O3S.Na/c1-4-7-10-13-16-19-22-25-28-31-34-39-37-38-42(46(43,44)45)41(36-33-30-27-24-21-18-15-12-9-6-3)40(39)35-32-29-26-23-20-17-14-11-8-5-2;/h37-38H,4-36H2,1-3H3,(H,43,44,45);/q;+1/p-1. The quantitative estimate of drug-likeness (QED) is 0.0412. The molecule has 0 aliphatic carbocycles. The second-order valence-electron chi connectivity index (χ2n) is 14.4. The maximum atomic E-state index is 12.4. The summed E-state index contributed by atoms with van der Waals surface area (Å²) in [5, 5.41) is 0. The topological polar surface area (TPSA) is 57.2 Å². The van der Waals surface area contributed by atoms with Gasteiger partial charge in [-0.25, -0.2) is 8.42 Å². The Bertz CT molecular complexity index is 930. The van der Waals surface area contributed by atoms with Crippen molar-refractivity contribution in [3.05, 3.63) is 28.8 Å². The summed E-state index contributed by atoms with van der Waals surface area (Å²) in [5.41, 5.74) is 3.39. The van der Waals surface area contributed by atoms with Crippen LogP contribution in [0.1, 0.15) is 230 Å². The normalized spacial score (nSPS) is 11.7. The van der Waals surface area contributed by atoms with Crippen molar-refractivity contribution in [1.82, 2.24) is 0 Å². The van der Waals surface area contributed by atoms with Crippen molar-refractivity contribution in [2.24, 2.45) is 0 Å². The fourth-order valence-corrected chi connectivity index (χ4v) is 7.92. The summed E-state index contributed by atoms with van der Waals surface area (Å²) >= 11 is 0. The van der Waals surface area contributed by atoms with Gasteiger partial charge in [0, 0.05) is 0 Å². The van der Waals surface area contributed by atoms with Crippen molar-refractivity contribution in [3.63, 3.8) is 0 Å². The van der Waals surface area contributed by atoms with Gasteiger partial charge >= 0.3 is 29.6 Å². The first-order valence-electron chi connectivity index (χ1n) is 20.5. The van der Waals surface area contributed by atoms with Gasteiger partial charge in [-0.1, -0.05) is 200 Å². The molecule has 270 valence electrons. The molecular weight excluding hydrogens is 608 g/mol. The fraction of sp³-hybridized carbons (Fsp3) is 0.857. The molecule has 5 heteroatoms. The predicted octanol–water partition coefficient (Wildman–Crippen LogP) is 11.0. The van der Waals surface area contributed by atoms with E-state index in [0.717, 1.165) is 50.5 Å². The number of hydrogen-bond acceptors (Lipinski definition) is 3. The van der Waals surface area contributed by atoms with Crippen LogP contribution in [-0.2, 0) is 29.4 Å². The zero-order valence-electron chi connectivity index (χ0n) is 32.1. The van der Waals surface area contributed by atoms with Crippen molar-refractivity contribution in [2.75, 3.05) is 0 Å². The molecule has 0 heterocycles. The van der Waals surface area contributed by atoms with E-state index < -0.39 is 10.1 Å². The number of unbranched alkanes of at least 4 members (excludes halogenated alkanes) is 27. The maximum absolute atomic E-state index is 12.4. The van der Waals surface area contributed by atoms with E-state index in [4.69, 9.17) is 0 Å². The van der Waals surface area contributed by atoms with Crippen LogP contribution in [0.5, 0.6) is 0 Å². The summed E-state index contributed by atoms with van der Waals surface area (Å²) in [4.78, 5) is 0.0670. The SMILES string of the molecule is CCCCCCCCCCCCc1ccc(S(=O)(=O)[O-])c(CCCCCCCCCCCC)c1CCCCCCCCCCCC.[Na+]. The average molecular weight is 685 g/mol. The van der Waals surface area contributed by atoms with Crippen LogP contribution < -0.4 is 29.6 Å². The van der Waals surface area contributed by atoms with E-state index in [-0.39, 0.29) is 34.5 Å². The van der Waals surface area contributed by atoms with Gasteiger partial charge in [0.25, 0.3) is 0 Å². The Morgan fingerprint density at radius 3 is 1.00 bits per heavy atom. The van der Waals surface area contributed by atoms with Crippen LogP contribution in [-0.4, -0.2) is 13.0 Å². The van der Waals surface area contributed by atoms with Crippen LogP contribution in [0.15, 0.2) is 17.0 Å². The van der Waals surface area contributed by atoms with Gasteiger partial charge in [0.05, 0.1) is 4.90 Å². The smallest absolute Gasteiger partial charge is 0.744 e. The van der Waals surface area contributed by atoms with Crippen LogP contribution in [0, 0.1) is 0 Å². The van der Waals surface area contributed by atoms with E-state index in [1.165, 1.54) is 178 Å². The van der Waals surface area contributed by atoms with Crippen molar-refractivity contribution in [3.8, 4) is 0 Å². The molecule has 0 aliphatic rings. The van der Waals surface area contributed by atoms with E-state index in [0.29, 0.717) is 0 Å². The third-order valence-corrected chi connectivity index (χ3v) is 11.0. The first kappa shape index (κ1) is 47.1. The largest absolute Gasteiger partial charge is 1.00 e. The molecule has 0 bridgehead atoms. The summed E-state index contributed by atoms with van der Waals surface area (Å²) in [5.74, 6) is 0. The fourth-order valence-electron chi connectivity index (χ4n) is 7.16. The molecule has 1 rings (SSSR count). The molecule has 0 aromatic heterocycles. The van der Waals surface area contributed by atoms with Crippen molar-refractivity contribution in [2.45, 2.75) is 238 Å². The number of aryl methyl sites for hydroxylation is 1. The van der Waals surface area contributed by atoms with E-state index >= 15 is 0 Å². The molecule has 0 unspecified atom stereocenters. The second-order valence-corrected chi connectivity index (χ2v) is 15.8. The van der Waals surface area contributed by atoms with Gasteiger partial charge in [-0.3, -0.25) is 0 Å². The molecule has 0 spiro atoms. The third kappa shape index (κ3) is 25.7. The summed E-state index contributed by atoms with van der Waals surface area (Å²) in [6.07, 6.45) is 41.4. The van der Waals surface area contributed by atoms with Crippen molar-refractivity contribution >= 4 is 10.1 Å². The number of rotatable bonds is 34. The van der Waals surface area contributed by atoms with E-state index in [9.17, 15) is 13.0 Å². The Morgan fingerprint density at radius 1 is 0.404 bits per heavy atom. The minimum Gasteiger partial charge on any atom is -0.744 e. The van der Waals surface area contributed by atoms with E-state index in [1.807, 2.05) is 6.07 Å². The maximum Gasteiger partial charge on any atom is 1.00 e. The zero-order chi connectivity index (χ0) is 33.6. The average Bonchev–Trinajstić information content (AvgIpc) is 3.03. The van der Waals surface area contributed by atoms with Crippen LogP contribution in [0.4, 0.5) is 0 Å². The molecule has 0 N–H and O–H groups in total. The van der Waals surface area contributed by atoms with Gasteiger partial charge < -0.3 is 4.55 Å². The monoisotopic (exact) mass is 685 g/mol. The Balaban J connectivity index is 0.0000212. The zero-order valence-corrected chi connectivity index (χ0v) is 34.9. The van der Waals surface area contributed by atoms with Crippen molar-refractivity contribution in [1.29, 1.82) is 0 Å². The van der Waals surface area contributed by atoms with E-state index in [1.54, 1.807) is 6.07 Å². The van der Waals surface area contributed by atoms with Crippen LogP contribution >= 0.6 is 0 Å². The first-order valence-corrected chi connectivity index (χ1v) is 22.0. The third-order valence-electron chi connectivity index (χ3n) is 10.1. The molecule has 1 aromatic carbocycles. The molecular formula is C42H77NaO3S. The van der Waals surface area contributed by atoms with Gasteiger partial charge in [-0.15, -0.1) is 0 Å². The van der Waals surface area contributed by atoms with Crippen LogP contribution in [0.2, 0.25) is 0 Å². The Hall–Kier alpha value is 0.130. The first-order chi connectivity index (χ1) is 22.5. The van der Waals surface area contributed by atoms with Gasteiger partial charge in [0.15, 0.2) is 0 Å². The van der Waals surface area contributed by atoms with Gasteiger partial charge in [0.1, 0.15) is 10.1 Å². The Morgan fingerprint density at radius 2 is 0.681 bits per heavy atom. The van der Waals surface area contributed by atoms with Gasteiger partial charge in [0.2, 0.25) is 0 Å². The van der Waals surface area contributed by atoms with Crippen molar-refractivity contribution < 1.29 is 42.5 Å². The molecule has 3 nitrogen and oxygen atoms in total. The minimum absolute atomic E-state index is 0. The number of benzene rings is 1. The predicted molar refractivity (Wildman–Crippen MR) is 201 cm³/mol. The van der Waals surface area contributed by atoms with Gasteiger partial charge in [-0.05, 0) is 61.3 Å². The van der Waals surface area contributed by atoms with Crippen LogP contribution in [0.25, 0.3) is 0 Å². The molecule has 0 saturated carbocycles. The molecule has 0 aliphatic heterocycles. The molecule has 0 atom stereocenters. The molecule has 0 amide bonds. The number of hydrogen-bond donors (Lipinski definition) is 0. The summed E-state index contributed by atoms with van der Waals surface area (Å²) in [6, 6.07) is 3.65. The molecule has 0 saturated heterocycles. The molecule has 47 heavy (non-hydrogen) atoms. The Kier molecular flexibility index (Phi) is 33.4.